The minimum atomic E-state index is -4.75. The quantitative estimate of drug-likeness (QED) is 0.191. The Kier molecular flexibility index (Phi) is 9.88. The molecule has 0 radical (unpaired) electrons. The molecule has 1 saturated heterocycles. The van der Waals surface area contributed by atoms with Gasteiger partial charge in [0.25, 0.3) is 0 Å². The van der Waals surface area contributed by atoms with E-state index >= 15 is 0 Å². The fraction of sp³-hybridized carbons (Fsp3) is 0.281. The number of nitrogens with zero attached hydrogens (tertiary/aromatic N) is 5. The molecule has 1 N–H and O–H groups in total. The normalized spacial score (nSPS) is 15.0. The molecule has 8 nitrogen and oxygen atoms in total. The SMILES string of the molecule is CCCc1ccc(C)cc1N1C(=O)CSC1=NC(=S)NCC(C)c1ccc(-c2ncn(-c3ccc(OC(F)(F)F)cc3)n2)cc1. The number of carbonyl (C=O) groups excluding carboxylic acids is 1. The lowest BCUT2D eigenvalue weighted by molar-refractivity contribution is -0.274. The summed E-state index contributed by atoms with van der Waals surface area (Å²) in [7, 11) is 0. The number of aliphatic imine (C=N–C) groups is 1. The van der Waals surface area contributed by atoms with Gasteiger partial charge in [-0.15, -0.1) is 18.3 Å². The highest BCUT2D eigenvalue weighted by atomic mass is 32.2. The van der Waals surface area contributed by atoms with Crippen LogP contribution < -0.4 is 15.0 Å². The van der Waals surface area contributed by atoms with Crippen molar-refractivity contribution in [1.29, 1.82) is 0 Å². The molecule has 1 amide bonds. The van der Waals surface area contributed by atoms with E-state index in [1.54, 1.807) is 4.90 Å². The second kappa shape index (κ2) is 13.8. The van der Waals surface area contributed by atoms with Crippen molar-refractivity contribution < 1.29 is 22.7 Å². The molecule has 1 aromatic heterocycles. The lowest BCUT2D eigenvalue weighted by Gasteiger charge is -2.21. The van der Waals surface area contributed by atoms with Gasteiger partial charge in [-0.2, -0.15) is 4.99 Å². The highest BCUT2D eigenvalue weighted by Crippen LogP contribution is 2.31. The van der Waals surface area contributed by atoms with Crippen molar-refractivity contribution in [2.45, 2.75) is 45.9 Å². The lowest BCUT2D eigenvalue weighted by atomic mass is 10.00. The van der Waals surface area contributed by atoms with Crippen molar-refractivity contribution in [3.63, 3.8) is 0 Å². The number of anilines is 1. The average molecular weight is 653 g/mol. The van der Waals surface area contributed by atoms with Gasteiger partial charge in [-0.25, -0.2) is 9.67 Å². The maximum atomic E-state index is 12.9. The van der Waals surface area contributed by atoms with Crippen LogP contribution in [0.25, 0.3) is 17.1 Å². The van der Waals surface area contributed by atoms with Crippen molar-refractivity contribution in [3.05, 3.63) is 89.7 Å². The fourth-order valence-corrected chi connectivity index (χ4v) is 5.90. The van der Waals surface area contributed by atoms with Crippen molar-refractivity contribution in [2.75, 3.05) is 17.2 Å². The van der Waals surface area contributed by atoms with Gasteiger partial charge in [0.15, 0.2) is 16.1 Å². The predicted octanol–water partition coefficient (Wildman–Crippen LogP) is 7.21. The van der Waals surface area contributed by atoms with Gasteiger partial charge < -0.3 is 10.1 Å². The van der Waals surface area contributed by atoms with Gasteiger partial charge in [0.1, 0.15) is 12.1 Å². The van der Waals surface area contributed by atoms with Crippen LogP contribution in [0.2, 0.25) is 0 Å². The van der Waals surface area contributed by atoms with Crippen LogP contribution in [0.5, 0.6) is 5.75 Å². The minimum Gasteiger partial charge on any atom is -0.406 e. The Labute approximate surface area is 268 Å². The van der Waals surface area contributed by atoms with E-state index in [4.69, 9.17) is 12.2 Å². The van der Waals surface area contributed by atoms with Crippen LogP contribution in [-0.4, -0.2) is 49.6 Å². The van der Waals surface area contributed by atoms with Gasteiger partial charge in [-0.3, -0.25) is 9.69 Å². The molecular weight excluding hydrogens is 622 g/mol. The third-order valence-electron chi connectivity index (χ3n) is 7.09. The van der Waals surface area contributed by atoms with Crippen LogP contribution in [-0.2, 0) is 11.2 Å². The van der Waals surface area contributed by atoms with E-state index in [9.17, 15) is 18.0 Å². The zero-order valence-electron chi connectivity index (χ0n) is 24.8. The molecule has 1 fully saturated rings. The maximum absolute atomic E-state index is 12.9. The van der Waals surface area contributed by atoms with Crippen LogP contribution in [0.15, 0.2) is 78.0 Å². The van der Waals surface area contributed by atoms with Crippen molar-refractivity contribution in [2.24, 2.45) is 4.99 Å². The highest BCUT2D eigenvalue weighted by Gasteiger charge is 2.32. The Morgan fingerprint density at radius 1 is 1.13 bits per heavy atom. The first-order valence-electron chi connectivity index (χ1n) is 14.3. The molecule has 0 saturated carbocycles. The molecule has 0 aliphatic carbocycles. The molecule has 5 rings (SSSR count). The number of hydrogen-bond donors (Lipinski definition) is 1. The summed E-state index contributed by atoms with van der Waals surface area (Å²) in [5.74, 6) is 0.577. The lowest BCUT2D eigenvalue weighted by Crippen LogP contribution is -2.32. The number of alkyl halides is 3. The minimum absolute atomic E-state index is 0.00859. The second-order valence-electron chi connectivity index (χ2n) is 10.6. The van der Waals surface area contributed by atoms with E-state index in [1.807, 2.05) is 37.3 Å². The summed E-state index contributed by atoms with van der Waals surface area (Å²) in [5, 5.41) is 8.58. The Morgan fingerprint density at radius 2 is 1.87 bits per heavy atom. The van der Waals surface area contributed by atoms with E-state index < -0.39 is 6.36 Å². The third-order valence-corrected chi connectivity index (χ3v) is 8.25. The summed E-state index contributed by atoms with van der Waals surface area (Å²) >= 11 is 6.93. The zero-order chi connectivity index (χ0) is 32.1. The van der Waals surface area contributed by atoms with Crippen molar-refractivity contribution in [1.82, 2.24) is 20.1 Å². The number of amidine groups is 1. The molecule has 3 aromatic carbocycles. The molecule has 45 heavy (non-hydrogen) atoms. The first kappa shape index (κ1) is 32.2. The molecule has 0 bridgehead atoms. The standard InChI is InChI=1S/C32H31F3N6O2S2/c1-4-5-23-7-6-20(2)16-27(23)41-28(42)18-45-31(41)38-30(44)36-17-21(3)22-8-10-24(11-9-22)29-37-19-40(39-29)25-12-14-26(15-13-25)43-32(33,34)35/h6-16,19,21H,4-5,17-18H2,1-3H3,(H,36,44). The number of halogens is 3. The van der Waals surface area contributed by atoms with Gasteiger partial charge in [0, 0.05) is 12.1 Å². The van der Waals surface area contributed by atoms with Crippen LogP contribution >= 0.6 is 24.0 Å². The maximum Gasteiger partial charge on any atom is 0.573 e. The molecular formula is C32H31F3N6O2S2. The molecule has 1 aliphatic heterocycles. The Balaban J connectivity index is 1.20. The Bertz CT molecular complexity index is 1710. The topological polar surface area (TPSA) is 84.6 Å². The molecule has 1 atom stereocenters. The van der Waals surface area contributed by atoms with Gasteiger partial charge in [0.05, 0.1) is 17.1 Å². The number of carbonyl (C=O) groups is 1. The fourth-order valence-electron chi connectivity index (χ4n) is 4.81. The molecule has 234 valence electrons. The number of hydrogen-bond acceptors (Lipinski definition) is 6. The monoisotopic (exact) mass is 652 g/mol. The van der Waals surface area contributed by atoms with Gasteiger partial charge in [0.2, 0.25) is 5.91 Å². The number of thioether (sulfide) groups is 1. The molecule has 4 aromatic rings. The van der Waals surface area contributed by atoms with E-state index in [-0.39, 0.29) is 17.6 Å². The average Bonchev–Trinajstić information content (AvgIpc) is 3.64. The zero-order valence-corrected chi connectivity index (χ0v) is 26.5. The molecule has 2 heterocycles. The van der Waals surface area contributed by atoms with E-state index in [0.717, 1.165) is 40.8 Å². The van der Waals surface area contributed by atoms with E-state index in [1.165, 1.54) is 47.0 Å². The van der Waals surface area contributed by atoms with Crippen LogP contribution in [0, 0.1) is 6.92 Å². The van der Waals surface area contributed by atoms with Crippen molar-refractivity contribution in [3.8, 4) is 22.8 Å². The first-order chi connectivity index (χ1) is 21.5. The van der Waals surface area contributed by atoms with E-state index in [2.05, 4.69) is 51.1 Å². The Morgan fingerprint density at radius 3 is 2.56 bits per heavy atom. The predicted molar refractivity (Wildman–Crippen MR) is 175 cm³/mol. The summed E-state index contributed by atoms with van der Waals surface area (Å²) in [6.45, 7) is 6.74. The number of nitrogens with one attached hydrogen (secondary N) is 1. The second-order valence-corrected chi connectivity index (χ2v) is 11.9. The smallest absolute Gasteiger partial charge is 0.406 e. The number of thiocarbonyl (C=S) groups is 1. The molecule has 0 spiro atoms. The molecule has 1 unspecified atom stereocenters. The largest absolute Gasteiger partial charge is 0.573 e. The highest BCUT2D eigenvalue weighted by molar-refractivity contribution is 8.15. The number of ether oxygens (including phenoxy) is 1. The van der Waals surface area contributed by atoms with Crippen LogP contribution in [0.1, 0.15) is 42.9 Å². The number of benzene rings is 3. The first-order valence-corrected chi connectivity index (χ1v) is 15.7. The van der Waals surface area contributed by atoms with Gasteiger partial charge >= 0.3 is 6.36 Å². The summed E-state index contributed by atoms with van der Waals surface area (Å²) in [4.78, 5) is 23.5. The van der Waals surface area contributed by atoms with Gasteiger partial charge in [-0.05, 0) is 78.5 Å². The summed E-state index contributed by atoms with van der Waals surface area (Å²) in [5.41, 5.74) is 5.46. The third kappa shape index (κ3) is 8.08. The van der Waals surface area contributed by atoms with Gasteiger partial charge in [-0.1, -0.05) is 68.4 Å². The molecule has 13 heteroatoms. The number of amides is 1. The number of rotatable bonds is 9. The van der Waals surface area contributed by atoms with Crippen molar-refractivity contribution >= 4 is 45.9 Å². The number of aromatic nitrogens is 3. The van der Waals surface area contributed by atoms with E-state index in [0.29, 0.717) is 34.1 Å². The van der Waals surface area contributed by atoms with Crippen LogP contribution in [0.4, 0.5) is 18.9 Å². The number of aryl methyl sites for hydroxylation is 2. The Hall–Kier alpha value is -4.23. The molecule has 1 aliphatic rings. The summed E-state index contributed by atoms with van der Waals surface area (Å²) < 4.78 is 42.7. The van der Waals surface area contributed by atoms with Crippen LogP contribution in [0.3, 0.4) is 0 Å². The summed E-state index contributed by atoms with van der Waals surface area (Å²) in [6, 6.07) is 19.4. The summed E-state index contributed by atoms with van der Waals surface area (Å²) in [6.07, 6.45) is -1.41.